The summed E-state index contributed by atoms with van der Waals surface area (Å²) in [5.41, 5.74) is 5.87. The van der Waals surface area contributed by atoms with Gasteiger partial charge in [-0.25, -0.2) is 4.98 Å². The highest BCUT2D eigenvalue weighted by atomic mass is 32.1. The molecule has 2 aromatic heterocycles. The fourth-order valence-corrected chi connectivity index (χ4v) is 5.55. The molecule has 0 radical (unpaired) electrons. The van der Waals surface area contributed by atoms with E-state index in [1.54, 1.807) is 15.9 Å². The van der Waals surface area contributed by atoms with Gasteiger partial charge in [-0.2, -0.15) is 0 Å². The molecule has 0 spiro atoms. The fourth-order valence-electron chi connectivity index (χ4n) is 4.30. The number of Topliss-reactive ketones (excluding diaryl/α,β-unsaturated/α-hetero) is 1. The molecule has 5 heteroatoms. The molecule has 0 saturated carbocycles. The Bertz CT molecular complexity index is 1390. The van der Waals surface area contributed by atoms with E-state index in [0.29, 0.717) is 16.8 Å². The van der Waals surface area contributed by atoms with Crippen LogP contribution in [0.4, 0.5) is 0 Å². The van der Waals surface area contributed by atoms with Crippen molar-refractivity contribution in [3.63, 3.8) is 0 Å². The summed E-state index contributed by atoms with van der Waals surface area (Å²) in [4.78, 5) is 33.8. The van der Waals surface area contributed by atoms with Crippen LogP contribution in [0.15, 0.2) is 47.3 Å². The average molecular weight is 429 g/mol. The largest absolute Gasteiger partial charge is 0.292 e. The number of hydrogen-bond acceptors (Lipinski definition) is 4. The Hall–Kier alpha value is -3.05. The highest BCUT2D eigenvalue weighted by Crippen LogP contribution is 2.35. The fraction of sp³-hybridized carbons (Fsp3) is 0.269. The standard InChI is InChI=1S/C26H24N2O2S/c1-15-7-10-18(11-8-15)24-27-25-23(20-5-4-6-22(20)31-25)26(30)28(24)14-21(29)19-12-9-16(2)17(3)13-19/h7-13H,4-6,14H2,1-3H3. The van der Waals surface area contributed by atoms with Gasteiger partial charge in [-0.1, -0.05) is 42.0 Å². The summed E-state index contributed by atoms with van der Waals surface area (Å²) in [5, 5.41) is 0.709. The van der Waals surface area contributed by atoms with E-state index < -0.39 is 0 Å². The lowest BCUT2D eigenvalue weighted by molar-refractivity contribution is 0.0971. The highest BCUT2D eigenvalue weighted by molar-refractivity contribution is 7.18. The van der Waals surface area contributed by atoms with Crippen molar-refractivity contribution < 1.29 is 4.79 Å². The number of carbonyl (C=O) groups excluding carboxylic acids is 1. The van der Waals surface area contributed by atoms with Crippen molar-refractivity contribution in [2.24, 2.45) is 0 Å². The zero-order valence-electron chi connectivity index (χ0n) is 18.0. The van der Waals surface area contributed by atoms with E-state index in [9.17, 15) is 9.59 Å². The maximum atomic E-state index is 13.7. The molecule has 0 bridgehead atoms. The third-order valence-corrected chi connectivity index (χ3v) is 7.45. The number of nitrogens with zero attached hydrogens (tertiary/aromatic N) is 2. The summed E-state index contributed by atoms with van der Waals surface area (Å²) in [6.07, 6.45) is 3.01. The summed E-state index contributed by atoms with van der Waals surface area (Å²) in [5.74, 6) is 0.487. The quantitative estimate of drug-likeness (QED) is 0.408. The Kier molecular flexibility index (Phi) is 4.86. The van der Waals surface area contributed by atoms with Crippen LogP contribution >= 0.6 is 11.3 Å². The van der Waals surface area contributed by atoms with Crippen LogP contribution in [0, 0.1) is 20.8 Å². The van der Waals surface area contributed by atoms with E-state index in [-0.39, 0.29) is 17.9 Å². The van der Waals surface area contributed by atoms with Gasteiger partial charge in [-0.15, -0.1) is 11.3 Å². The number of carbonyl (C=O) groups is 1. The molecule has 5 rings (SSSR count). The maximum Gasteiger partial charge on any atom is 0.263 e. The SMILES string of the molecule is Cc1ccc(-c2nc3sc4c(c3c(=O)n2CC(=O)c2ccc(C)c(C)c2)CCC4)cc1. The molecular formula is C26H24N2O2S. The number of hydrogen-bond donors (Lipinski definition) is 0. The molecular weight excluding hydrogens is 404 g/mol. The molecule has 2 aromatic carbocycles. The van der Waals surface area contributed by atoms with Gasteiger partial charge in [-0.05, 0) is 62.8 Å². The van der Waals surface area contributed by atoms with Gasteiger partial charge in [0.2, 0.25) is 0 Å². The first-order valence-electron chi connectivity index (χ1n) is 10.6. The molecule has 0 N–H and O–H groups in total. The normalized spacial score (nSPS) is 13.0. The first kappa shape index (κ1) is 19.9. The Morgan fingerprint density at radius 3 is 2.55 bits per heavy atom. The van der Waals surface area contributed by atoms with Gasteiger partial charge in [0, 0.05) is 16.0 Å². The first-order chi connectivity index (χ1) is 14.9. The van der Waals surface area contributed by atoms with Crippen molar-refractivity contribution in [1.82, 2.24) is 9.55 Å². The lowest BCUT2D eigenvalue weighted by Crippen LogP contribution is -2.27. The number of thiophene rings is 1. The predicted octanol–water partition coefficient (Wildman–Crippen LogP) is 5.42. The van der Waals surface area contributed by atoms with Crippen LogP contribution in [-0.4, -0.2) is 15.3 Å². The molecule has 0 amide bonds. The van der Waals surface area contributed by atoms with Crippen LogP contribution in [0.2, 0.25) is 0 Å². The second-order valence-corrected chi connectivity index (χ2v) is 9.54. The number of aryl methyl sites for hydroxylation is 5. The third-order valence-electron chi connectivity index (χ3n) is 6.27. The van der Waals surface area contributed by atoms with Gasteiger partial charge >= 0.3 is 0 Å². The van der Waals surface area contributed by atoms with Gasteiger partial charge < -0.3 is 0 Å². The second-order valence-electron chi connectivity index (χ2n) is 8.45. The van der Waals surface area contributed by atoms with E-state index in [1.807, 2.05) is 63.2 Å². The van der Waals surface area contributed by atoms with E-state index in [1.165, 1.54) is 4.88 Å². The van der Waals surface area contributed by atoms with Crippen LogP contribution < -0.4 is 5.56 Å². The van der Waals surface area contributed by atoms with Crippen LogP contribution in [0.1, 0.15) is 43.9 Å². The predicted molar refractivity (Wildman–Crippen MR) is 126 cm³/mol. The zero-order valence-corrected chi connectivity index (χ0v) is 18.8. The van der Waals surface area contributed by atoms with Crippen molar-refractivity contribution >= 4 is 27.3 Å². The third kappa shape index (κ3) is 3.43. The molecule has 0 unspecified atom stereocenters. The maximum absolute atomic E-state index is 13.7. The minimum atomic E-state index is -0.0999. The van der Waals surface area contributed by atoms with Gasteiger partial charge in [0.25, 0.3) is 5.56 Å². The molecule has 2 heterocycles. The molecule has 4 aromatic rings. The highest BCUT2D eigenvalue weighted by Gasteiger charge is 2.24. The second kappa shape index (κ2) is 7.57. The molecule has 0 atom stereocenters. The molecule has 1 aliphatic rings. The molecule has 0 fully saturated rings. The number of aromatic nitrogens is 2. The van der Waals surface area contributed by atoms with E-state index in [4.69, 9.17) is 4.98 Å². The number of ketones is 1. The van der Waals surface area contributed by atoms with Crippen LogP contribution in [-0.2, 0) is 19.4 Å². The smallest absolute Gasteiger partial charge is 0.263 e. The number of fused-ring (bicyclic) bond motifs is 3. The zero-order chi connectivity index (χ0) is 21.7. The van der Waals surface area contributed by atoms with Crippen molar-refractivity contribution in [2.45, 2.75) is 46.6 Å². The topological polar surface area (TPSA) is 52.0 Å². The van der Waals surface area contributed by atoms with E-state index >= 15 is 0 Å². The lowest BCUT2D eigenvalue weighted by atomic mass is 10.0. The summed E-state index contributed by atoms with van der Waals surface area (Å²) in [6, 6.07) is 13.7. The molecule has 0 saturated heterocycles. The summed E-state index contributed by atoms with van der Waals surface area (Å²) < 4.78 is 1.58. The van der Waals surface area contributed by atoms with Crippen molar-refractivity contribution in [3.8, 4) is 11.4 Å². The van der Waals surface area contributed by atoms with Gasteiger partial charge in [-0.3, -0.25) is 14.2 Å². The Balaban J connectivity index is 1.68. The molecule has 1 aliphatic carbocycles. The lowest BCUT2D eigenvalue weighted by Gasteiger charge is -2.13. The summed E-state index contributed by atoms with van der Waals surface area (Å²) in [6.45, 7) is 6.04. The Morgan fingerprint density at radius 2 is 1.81 bits per heavy atom. The Labute approximate surface area is 185 Å². The van der Waals surface area contributed by atoms with Crippen molar-refractivity contribution in [3.05, 3.63) is 85.5 Å². The monoisotopic (exact) mass is 428 g/mol. The number of benzene rings is 2. The summed E-state index contributed by atoms with van der Waals surface area (Å²) >= 11 is 1.63. The first-order valence-corrected chi connectivity index (χ1v) is 11.5. The van der Waals surface area contributed by atoms with Gasteiger partial charge in [0.05, 0.1) is 11.9 Å². The van der Waals surface area contributed by atoms with Gasteiger partial charge in [0.15, 0.2) is 5.78 Å². The average Bonchev–Trinajstić information content (AvgIpc) is 3.33. The van der Waals surface area contributed by atoms with Crippen LogP contribution in [0.3, 0.4) is 0 Å². The molecule has 31 heavy (non-hydrogen) atoms. The van der Waals surface area contributed by atoms with Crippen LogP contribution in [0.25, 0.3) is 21.6 Å². The minimum absolute atomic E-state index is 0.0158. The Morgan fingerprint density at radius 1 is 1.03 bits per heavy atom. The van der Waals surface area contributed by atoms with Crippen LogP contribution in [0.5, 0.6) is 0 Å². The molecule has 4 nitrogen and oxygen atoms in total. The van der Waals surface area contributed by atoms with E-state index in [2.05, 4.69) is 0 Å². The van der Waals surface area contributed by atoms with Crippen molar-refractivity contribution in [2.75, 3.05) is 0 Å². The molecule has 0 aliphatic heterocycles. The van der Waals surface area contributed by atoms with Crippen molar-refractivity contribution in [1.29, 1.82) is 0 Å². The van der Waals surface area contributed by atoms with Gasteiger partial charge in [0.1, 0.15) is 10.7 Å². The summed E-state index contributed by atoms with van der Waals surface area (Å²) in [7, 11) is 0. The van der Waals surface area contributed by atoms with E-state index in [0.717, 1.165) is 51.9 Å². The minimum Gasteiger partial charge on any atom is -0.292 e. The molecule has 156 valence electrons. The number of rotatable bonds is 4.